The van der Waals surface area contributed by atoms with Crippen LogP contribution in [-0.4, -0.2) is 43.9 Å². The van der Waals surface area contributed by atoms with Crippen LogP contribution in [-0.2, 0) is 0 Å². The van der Waals surface area contributed by atoms with Gasteiger partial charge < -0.3 is 0 Å². The molecule has 0 aliphatic rings. The lowest BCUT2D eigenvalue weighted by atomic mass is 10.5. The van der Waals surface area contributed by atoms with Gasteiger partial charge in [0.15, 0.2) is 0 Å². The third-order valence-corrected chi connectivity index (χ3v) is 1.07. The molecule has 4 N–H and O–H groups in total. The number of likely N-dealkylation sites (N-methyl/N-ethyl adjacent to an activating group) is 1. The van der Waals surface area contributed by atoms with Crippen molar-refractivity contribution in [1.82, 2.24) is 0 Å². The minimum Gasteiger partial charge on any atom is -0.250 e. The van der Waals surface area contributed by atoms with Crippen LogP contribution in [0.3, 0.4) is 0 Å². The minimum atomic E-state index is 0.347. The highest BCUT2D eigenvalue weighted by molar-refractivity contribution is 4.71. The van der Waals surface area contributed by atoms with Gasteiger partial charge in [0.1, 0.15) is 12.7 Å². The number of rotatable bonds is 3. The van der Waals surface area contributed by atoms with E-state index in [4.69, 9.17) is 11.7 Å². The molecule has 0 fully saturated rings. The van der Waals surface area contributed by atoms with Crippen molar-refractivity contribution in [3.05, 3.63) is 12.3 Å². The van der Waals surface area contributed by atoms with Crippen LogP contribution >= 0.6 is 0 Å². The molecule has 0 saturated carbocycles. The molecule has 0 bridgehead atoms. The van der Waals surface area contributed by atoms with Crippen LogP contribution in [0.2, 0.25) is 0 Å². The first kappa shape index (κ1) is 10.6. The zero-order chi connectivity index (χ0) is 9.12. The van der Waals surface area contributed by atoms with E-state index in [9.17, 15) is 0 Å². The Bertz CT molecular complexity index is 138. The molecule has 0 saturated heterocycles. The second-order valence-electron chi connectivity index (χ2n) is 3.98. The summed E-state index contributed by atoms with van der Waals surface area (Å²) < 4.78 is 0.788. The average Bonchev–Trinajstić information content (AvgIpc) is 1.55. The lowest BCUT2D eigenvalue weighted by Gasteiger charge is -2.21. The Morgan fingerprint density at radius 3 is 1.82 bits per heavy atom. The second-order valence-corrected chi connectivity index (χ2v) is 3.98. The predicted molar refractivity (Wildman–Crippen MR) is 46.6 cm³/mol. The summed E-state index contributed by atoms with van der Waals surface area (Å²) in [5.74, 6) is 11.4. The van der Waals surface area contributed by atoms with Crippen LogP contribution < -0.4 is 11.7 Å². The summed E-state index contributed by atoms with van der Waals surface area (Å²) in [7, 11) is 7.65. The predicted octanol–water partition coefficient (Wildman–Crippen LogP) is -0.600. The molecule has 0 amide bonds. The number of hydrogen-bond acceptors (Lipinski definition) is 2. The molecule has 0 aliphatic heterocycles. The van der Waals surface area contributed by atoms with Crippen LogP contribution in [0.1, 0.15) is 0 Å². The quantitative estimate of drug-likeness (QED) is 0.329. The first-order valence-corrected chi connectivity index (χ1v) is 3.62. The number of quaternary nitrogens is 2. The van der Waals surface area contributed by atoms with Gasteiger partial charge in [-0.2, -0.15) is 11.7 Å². The Morgan fingerprint density at radius 2 is 1.55 bits per heavy atom. The van der Waals surface area contributed by atoms with Gasteiger partial charge in [0.05, 0.1) is 28.2 Å². The van der Waals surface area contributed by atoms with E-state index in [2.05, 4.69) is 0 Å². The van der Waals surface area contributed by atoms with Crippen LogP contribution in [0.5, 0.6) is 0 Å². The average molecular weight is 160 g/mol. The monoisotopic (exact) mass is 160 g/mol. The second kappa shape index (κ2) is 3.32. The van der Waals surface area contributed by atoms with E-state index < -0.39 is 0 Å². The molecule has 0 radical (unpaired) electrons. The zero-order valence-electron chi connectivity index (χ0n) is 7.91. The van der Waals surface area contributed by atoms with Crippen molar-refractivity contribution in [1.29, 1.82) is 0 Å². The molecule has 0 aromatic rings. The first-order chi connectivity index (χ1) is 4.71. The number of nitrogens with zero attached hydrogens (tertiary/aromatic N) is 2. The van der Waals surface area contributed by atoms with Gasteiger partial charge in [0, 0.05) is 6.08 Å². The Morgan fingerprint density at radius 1 is 1.09 bits per heavy atom. The standard InChI is InChI=1S/C7H20N4/c1-10(2,8)6-5-7-11(3,4)9/h5-6H,7-9H2,1-4H3/q+2. The maximum absolute atomic E-state index is 5.70. The molecular weight excluding hydrogens is 140 g/mol. The van der Waals surface area contributed by atoms with Crippen LogP contribution in [0.25, 0.3) is 0 Å². The van der Waals surface area contributed by atoms with Crippen molar-refractivity contribution in [3.63, 3.8) is 0 Å². The van der Waals surface area contributed by atoms with Gasteiger partial charge in [-0.25, -0.2) is 9.18 Å². The maximum atomic E-state index is 5.70. The maximum Gasteiger partial charge on any atom is 0.120 e. The SMILES string of the molecule is C[N+](C)(N)C=CC[N+](C)(C)N. The highest BCUT2D eigenvalue weighted by atomic mass is 15.5. The molecule has 0 aliphatic carbocycles. The molecule has 0 aromatic heterocycles. The van der Waals surface area contributed by atoms with Crippen molar-refractivity contribution < 1.29 is 9.18 Å². The Hall–Kier alpha value is -0.420. The molecule has 0 rings (SSSR count). The Balaban J connectivity index is 3.80. The largest absolute Gasteiger partial charge is 0.250 e. The highest BCUT2D eigenvalue weighted by Crippen LogP contribution is 1.90. The molecular formula is C7H20N4+2. The molecule has 0 heterocycles. The van der Waals surface area contributed by atoms with E-state index in [-0.39, 0.29) is 0 Å². The van der Waals surface area contributed by atoms with E-state index in [0.29, 0.717) is 9.18 Å². The summed E-state index contributed by atoms with van der Waals surface area (Å²) >= 11 is 0. The molecule has 0 atom stereocenters. The van der Waals surface area contributed by atoms with E-state index in [1.165, 1.54) is 0 Å². The fourth-order valence-electron chi connectivity index (χ4n) is 0.590. The highest BCUT2D eigenvalue weighted by Gasteiger charge is 2.06. The fourth-order valence-corrected chi connectivity index (χ4v) is 0.590. The zero-order valence-corrected chi connectivity index (χ0v) is 7.91. The summed E-state index contributed by atoms with van der Waals surface area (Å²) in [4.78, 5) is 0. The summed E-state index contributed by atoms with van der Waals surface area (Å²) in [5.41, 5.74) is 0. The van der Waals surface area contributed by atoms with E-state index in [0.717, 1.165) is 6.54 Å². The number of nitrogens with two attached hydrogens (primary N) is 2. The van der Waals surface area contributed by atoms with E-state index in [1.807, 2.05) is 40.5 Å². The van der Waals surface area contributed by atoms with Crippen molar-refractivity contribution in [2.24, 2.45) is 11.7 Å². The van der Waals surface area contributed by atoms with Crippen molar-refractivity contribution in [2.45, 2.75) is 0 Å². The summed E-state index contributed by atoms with van der Waals surface area (Å²) in [6, 6.07) is 0. The molecule has 66 valence electrons. The normalized spacial score (nSPS) is 14.4. The van der Waals surface area contributed by atoms with Gasteiger partial charge in [-0.15, -0.1) is 0 Å². The third-order valence-electron chi connectivity index (χ3n) is 1.07. The van der Waals surface area contributed by atoms with Crippen LogP contribution in [0.4, 0.5) is 0 Å². The van der Waals surface area contributed by atoms with Crippen molar-refractivity contribution >= 4 is 0 Å². The van der Waals surface area contributed by atoms with E-state index in [1.54, 1.807) is 0 Å². The van der Waals surface area contributed by atoms with E-state index >= 15 is 0 Å². The summed E-state index contributed by atoms with van der Waals surface area (Å²) in [6.45, 7) is 0.791. The third kappa shape index (κ3) is 9.58. The molecule has 0 spiro atoms. The van der Waals surface area contributed by atoms with Gasteiger partial charge in [0.2, 0.25) is 0 Å². The number of hydrogen-bond donors (Lipinski definition) is 2. The summed E-state index contributed by atoms with van der Waals surface area (Å²) in [6.07, 6.45) is 3.90. The lowest BCUT2D eigenvalue weighted by Crippen LogP contribution is -2.47. The molecule has 0 unspecified atom stereocenters. The summed E-state index contributed by atoms with van der Waals surface area (Å²) in [5, 5.41) is 0. The van der Waals surface area contributed by atoms with Crippen molar-refractivity contribution in [2.75, 3.05) is 34.7 Å². The smallest absolute Gasteiger partial charge is 0.120 e. The Kier molecular flexibility index (Phi) is 3.19. The van der Waals surface area contributed by atoms with Crippen molar-refractivity contribution in [3.8, 4) is 0 Å². The van der Waals surface area contributed by atoms with Crippen LogP contribution in [0.15, 0.2) is 12.3 Å². The van der Waals surface area contributed by atoms with Gasteiger partial charge in [-0.1, -0.05) is 0 Å². The van der Waals surface area contributed by atoms with Crippen LogP contribution in [0, 0.1) is 0 Å². The fraction of sp³-hybridized carbons (Fsp3) is 0.714. The molecule has 4 heteroatoms. The van der Waals surface area contributed by atoms with Gasteiger partial charge in [0.25, 0.3) is 0 Å². The topological polar surface area (TPSA) is 52.0 Å². The molecule has 4 nitrogen and oxygen atoms in total. The molecule has 11 heavy (non-hydrogen) atoms. The Labute approximate surface area is 68.8 Å². The molecule has 0 aromatic carbocycles. The van der Waals surface area contributed by atoms with Gasteiger partial charge in [-0.3, -0.25) is 0 Å². The minimum absolute atomic E-state index is 0.347. The van der Waals surface area contributed by atoms with Gasteiger partial charge in [-0.05, 0) is 0 Å². The first-order valence-electron chi connectivity index (χ1n) is 3.62. The van der Waals surface area contributed by atoms with Gasteiger partial charge >= 0.3 is 0 Å². The lowest BCUT2D eigenvalue weighted by molar-refractivity contribution is -0.897.